The van der Waals surface area contributed by atoms with Gasteiger partial charge < -0.3 is 28.8 Å². The van der Waals surface area contributed by atoms with Gasteiger partial charge in [0.2, 0.25) is 0 Å². The normalized spacial score (nSPS) is 10.9. The lowest BCUT2D eigenvalue weighted by Gasteiger charge is -2.16. The average molecular weight is 441 g/mol. The maximum atomic E-state index is 12.9. The van der Waals surface area contributed by atoms with Crippen LogP contribution in [-0.2, 0) is 14.8 Å². The molecule has 164 valence electrons. The summed E-state index contributed by atoms with van der Waals surface area (Å²) in [6.07, 6.45) is 0. The van der Waals surface area contributed by atoms with Crippen molar-refractivity contribution >= 4 is 21.7 Å². The van der Waals surface area contributed by atoms with Crippen molar-refractivity contribution in [1.82, 2.24) is 0 Å². The third-order valence-electron chi connectivity index (χ3n) is 3.99. The van der Waals surface area contributed by atoms with Crippen LogP contribution in [0.2, 0.25) is 0 Å². The Hall–Kier alpha value is -3.18. The van der Waals surface area contributed by atoms with Gasteiger partial charge in [-0.1, -0.05) is 0 Å². The summed E-state index contributed by atoms with van der Waals surface area (Å²) >= 11 is 0. The van der Waals surface area contributed by atoms with Gasteiger partial charge in [0.05, 0.1) is 44.1 Å². The van der Waals surface area contributed by atoms with Crippen molar-refractivity contribution in [1.29, 1.82) is 0 Å². The first-order chi connectivity index (χ1) is 14.3. The predicted octanol–water partition coefficient (Wildman–Crippen LogP) is 2.24. The maximum absolute atomic E-state index is 12.9. The number of methoxy groups -OCH3 is 4. The van der Waals surface area contributed by atoms with Crippen LogP contribution in [0.25, 0.3) is 0 Å². The molecule has 2 aromatic rings. The zero-order valence-corrected chi connectivity index (χ0v) is 17.7. The zero-order valence-electron chi connectivity index (χ0n) is 16.9. The summed E-state index contributed by atoms with van der Waals surface area (Å²) in [5.74, 6) is -0.498. The van der Waals surface area contributed by atoms with Crippen molar-refractivity contribution in [3.8, 4) is 23.0 Å². The second-order valence-electron chi connectivity index (χ2n) is 5.82. The van der Waals surface area contributed by atoms with E-state index in [4.69, 9.17) is 23.7 Å². The van der Waals surface area contributed by atoms with Crippen molar-refractivity contribution in [2.75, 3.05) is 46.4 Å². The van der Waals surface area contributed by atoms with Gasteiger partial charge in [0.25, 0.3) is 10.0 Å². The fourth-order valence-electron chi connectivity index (χ4n) is 2.52. The fraction of sp³-hybridized carbons (Fsp3) is 0.316. The Balaban J connectivity index is 2.48. The van der Waals surface area contributed by atoms with Gasteiger partial charge in [-0.15, -0.1) is 0 Å². The molecule has 0 aliphatic carbocycles. The van der Waals surface area contributed by atoms with E-state index < -0.39 is 16.0 Å². The summed E-state index contributed by atoms with van der Waals surface area (Å²) < 4.78 is 53.9. The molecule has 2 rings (SSSR count). The minimum Gasteiger partial charge on any atom is -0.493 e. The van der Waals surface area contributed by atoms with Gasteiger partial charge >= 0.3 is 5.97 Å². The van der Waals surface area contributed by atoms with Crippen LogP contribution in [0.4, 0.5) is 5.69 Å². The molecule has 0 aromatic heterocycles. The van der Waals surface area contributed by atoms with Gasteiger partial charge in [-0.25, -0.2) is 13.2 Å². The van der Waals surface area contributed by atoms with E-state index in [1.807, 2.05) is 0 Å². The number of ether oxygens (including phenoxy) is 5. The lowest BCUT2D eigenvalue weighted by Crippen LogP contribution is -2.16. The number of anilines is 1. The molecule has 0 aliphatic heterocycles. The zero-order chi connectivity index (χ0) is 22.3. The number of rotatable bonds is 11. The molecule has 2 N–H and O–H groups in total. The molecule has 0 fully saturated rings. The van der Waals surface area contributed by atoms with E-state index in [0.717, 1.165) is 0 Å². The van der Waals surface area contributed by atoms with Gasteiger partial charge in [0.15, 0.2) is 23.0 Å². The Labute approximate surface area is 174 Å². The van der Waals surface area contributed by atoms with Gasteiger partial charge in [0, 0.05) is 25.3 Å². The van der Waals surface area contributed by atoms with E-state index in [1.165, 1.54) is 58.8 Å². The van der Waals surface area contributed by atoms with Crippen LogP contribution < -0.4 is 23.7 Å². The number of carbonyl (C=O) groups is 1. The highest BCUT2D eigenvalue weighted by molar-refractivity contribution is 7.92. The number of hydrogen-bond acceptors (Lipinski definition) is 8. The van der Waals surface area contributed by atoms with E-state index in [2.05, 4.69) is 4.72 Å². The van der Waals surface area contributed by atoms with Crippen molar-refractivity contribution < 1.29 is 42.0 Å². The van der Waals surface area contributed by atoms with Crippen molar-refractivity contribution in [3.63, 3.8) is 0 Å². The lowest BCUT2D eigenvalue weighted by atomic mass is 10.1. The molecule has 0 saturated heterocycles. The molecule has 0 radical (unpaired) electrons. The average Bonchev–Trinajstić information content (AvgIpc) is 2.73. The molecular weight excluding hydrogens is 418 g/mol. The monoisotopic (exact) mass is 441 g/mol. The van der Waals surface area contributed by atoms with Crippen LogP contribution in [0.15, 0.2) is 35.2 Å². The fourth-order valence-corrected chi connectivity index (χ4v) is 3.60. The summed E-state index contributed by atoms with van der Waals surface area (Å²) in [4.78, 5) is 11.5. The van der Waals surface area contributed by atoms with Gasteiger partial charge in [0.1, 0.15) is 6.61 Å². The molecule has 30 heavy (non-hydrogen) atoms. The quantitative estimate of drug-likeness (QED) is 0.504. The number of carboxylic acids is 1. The first-order valence-corrected chi connectivity index (χ1v) is 10.1. The molecule has 0 unspecified atom stereocenters. The van der Waals surface area contributed by atoms with Crippen molar-refractivity contribution in [2.45, 2.75) is 4.90 Å². The predicted molar refractivity (Wildman–Crippen MR) is 108 cm³/mol. The van der Waals surface area contributed by atoms with Gasteiger partial charge in [-0.3, -0.25) is 4.72 Å². The Morgan fingerprint density at radius 1 is 0.900 bits per heavy atom. The molecule has 2 aromatic carbocycles. The second-order valence-corrected chi connectivity index (χ2v) is 7.50. The first-order valence-electron chi connectivity index (χ1n) is 8.59. The van der Waals surface area contributed by atoms with Crippen molar-refractivity contribution in [2.24, 2.45) is 0 Å². The molecule has 0 atom stereocenters. The Bertz CT molecular complexity index is 1010. The highest BCUT2D eigenvalue weighted by Gasteiger charge is 2.23. The smallest absolute Gasteiger partial charge is 0.337 e. The SMILES string of the molecule is COCCOc1cc(NS(=O)(=O)c2ccc(OC)c(OC)c2)c(C(=O)O)cc1OC. The number of benzene rings is 2. The van der Waals surface area contributed by atoms with Crippen LogP contribution in [0.3, 0.4) is 0 Å². The molecular formula is C19H23NO9S. The number of sulfonamides is 1. The third-order valence-corrected chi connectivity index (χ3v) is 5.35. The number of carboxylic acid groups (broad SMARTS) is 1. The Morgan fingerprint density at radius 2 is 1.53 bits per heavy atom. The Morgan fingerprint density at radius 3 is 2.10 bits per heavy atom. The number of hydrogen-bond donors (Lipinski definition) is 2. The minimum absolute atomic E-state index is 0.137. The summed E-state index contributed by atoms with van der Waals surface area (Å²) in [6.45, 7) is 0.428. The molecule has 0 aliphatic rings. The van der Waals surface area contributed by atoms with E-state index in [-0.39, 0.29) is 46.6 Å². The van der Waals surface area contributed by atoms with E-state index in [1.54, 1.807) is 0 Å². The largest absolute Gasteiger partial charge is 0.493 e. The molecule has 0 saturated carbocycles. The van der Waals surface area contributed by atoms with Crippen LogP contribution in [0, 0.1) is 0 Å². The molecule has 11 heteroatoms. The summed E-state index contributed by atoms with van der Waals surface area (Å²) in [5, 5.41) is 9.52. The molecule has 0 bridgehead atoms. The van der Waals surface area contributed by atoms with Crippen LogP contribution in [-0.4, -0.2) is 61.1 Å². The van der Waals surface area contributed by atoms with Crippen LogP contribution in [0.1, 0.15) is 10.4 Å². The highest BCUT2D eigenvalue weighted by atomic mass is 32.2. The van der Waals surface area contributed by atoms with E-state index in [0.29, 0.717) is 5.75 Å². The second kappa shape index (κ2) is 10.0. The van der Waals surface area contributed by atoms with Gasteiger partial charge in [-0.05, 0) is 12.1 Å². The molecule has 0 amide bonds. The lowest BCUT2D eigenvalue weighted by molar-refractivity contribution is 0.0697. The van der Waals surface area contributed by atoms with Crippen LogP contribution in [0.5, 0.6) is 23.0 Å². The van der Waals surface area contributed by atoms with Gasteiger partial charge in [-0.2, -0.15) is 0 Å². The highest BCUT2D eigenvalue weighted by Crippen LogP contribution is 2.36. The third kappa shape index (κ3) is 5.24. The number of nitrogens with one attached hydrogen (secondary N) is 1. The molecule has 10 nitrogen and oxygen atoms in total. The van der Waals surface area contributed by atoms with E-state index in [9.17, 15) is 18.3 Å². The first kappa shape index (κ1) is 23.1. The van der Waals surface area contributed by atoms with Crippen molar-refractivity contribution in [3.05, 3.63) is 35.9 Å². The maximum Gasteiger partial charge on any atom is 0.337 e. The standard InChI is InChI=1S/C19H23NO9S/c1-25-7-8-29-18-11-14(13(19(21)22)10-17(18)28-4)20-30(23,24)12-5-6-15(26-2)16(9-12)27-3/h5-6,9-11,20H,7-8H2,1-4H3,(H,21,22). The molecule has 0 spiro atoms. The summed E-state index contributed by atoms with van der Waals surface area (Å²) in [7, 11) is 1.48. The molecule has 0 heterocycles. The minimum atomic E-state index is -4.16. The number of aromatic carboxylic acids is 1. The topological polar surface area (TPSA) is 130 Å². The van der Waals surface area contributed by atoms with E-state index >= 15 is 0 Å². The summed E-state index contributed by atoms with van der Waals surface area (Å²) in [6, 6.07) is 6.43. The van der Waals surface area contributed by atoms with Crippen LogP contribution >= 0.6 is 0 Å². The Kier molecular flexibility index (Phi) is 7.72. The summed E-state index contributed by atoms with van der Waals surface area (Å²) in [5.41, 5.74) is -0.500.